The number of hydrogen-bond acceptors (Lipinski definition) is 2. The molecule has 1 N–H and O–H groups in total. The third kappa shape index (κ3) is 2.94. The van der Waals surface area contributed by atoms with Gasteiger partial charge in [0.05, 0.1) is 5.69 Å². The van der Waals surface area contributed by atoms with Crippen LogP contribution in [0.4, 0.5) is 0 Å². The first-order valence-electron chi connectivity index (χ1n) is 5.93. The molecule has 17 heavy (non-hydrogen) atoms. The molecular formula is C14H19N3. The fraction of sp³-hybridized carbons (Fsp3) is 0.357. The highest BCUT2D eigenvalue weighted by molar-refractivity contribution is 5.24. The van der Waals surface area contributed by atoms with E-state index in [0.717, 1.165) is 6.54 Å². The third-order valence-corrected chi connectivity index (χ3v) is 3.05. The third-order valence-electron chi connectivity index (χ3n) is 3.05. The summed E-state index contributed by atoms with van der Waals surface area (Å²) in [6, 6.07) is 11.0. The molecule has 1 heterocycles. The van der Waals surface area contributed by atoms with Gasteiger partial charge in [0.2, 0.25) is 0 Å². The zero-order valence-electron chi connectivity index (χ0n) is 10.6. The number of aromatic nitrogens is 2. The average Bonchev–Trinajstić information content (AvgIpc) is 2.72. The van der Waals surface area contributed by atoms with Gasteiger partial charge in [-0.3, -0.25) is 4.68 Å². The van der Waals surface area contributed by atoms with Crippen molar-refractivity contribution in [1.82, 2.24) is 15.1 Å². The Morgan fingerprint density at radius 3 is 2.82 bits per heavy atom. The van der Waals surface area contributed by atoms with Gasteiger partial charge in [-0.05, 0) is 25.5 Å². The highest BCUT2D eigenvalue weighted by atomic mass is 15.3. The van der Waals surface area contributed by atoms with Crippen LogP contribution in [-0.4, -0.2) is 9.78 Å². The lowest BCUT2D eigenvalue weighted by atomic mass is 10.1. The molecule has 1 atom stereocenters. The van der Waals surface area contributed by atoms with Crippen LogP contribution in [0, 0.1) is 6.92 Å². The number of aryl methyl sites for hydroxylation is 2. The number of benzene rings is 1. The summed E-state index contributed by atoms with van der Waals surface area (Å²) in [4.78, 5) is 0. The van der Waals surface area contributed by atoms with Gasteiger partial charge in [-0.1, -0.05) is 29.8 Å². The van der Waals surface area contributed by atoms with Gasteiger partial charge in [0.25, 0.3) is 0 Å². The molecule has 3 heteroatoms. The highest BCUT2D eigenvalue weighted by Gasteiger charge is 2.06. The second-order valence-electron chi connectivity index (χ2n) is 4.46. The van der Waals surface area contributed by atoms with Crippen LogP contribution in [0.25, 0.3) is 0 Å². The molecule has 0 unspecified atom stereocenters. The molecule has 0 spiro atoms. The van der Waals surface area contributed by atoms with Gasteiger partial charge in [-0.25, -0.2) is 0 Å². The summed E-state index contributed by atoms with van der Waals surface area (Å²) in [5.74, 6) is 0. The summed E-state index contributed by atoms with van der Waals surface area (Å²) < 4.78 is 1.90. The van der Waals surface area contributed by atoms with Gasteiger partial charge in [0.15, 0.2) is 0 Å². The van der Waals surface area contributed by atoms with E-state index in [2.05, 4.69) is 48.5 Å². The van der Waals surface area contributed by atoms with Crippen molar-refractivity contribution in [3.8, 4) is 0 Å². The Hall–Kier alpha value is -1.61. The monoisotopic (exact) mass is 229 g/mol. The minimum Gasteiger partial charge on any atom is -0.305 e. The minimum absolute atomic E-state index is 0.352. The maximum Gasteiger partial charge on any atom is 0.0518 e. The molecule has 0 bridgehead atoms. The molecule has 1 aromatic heterocycles. The molecular weight excluding hydrogens is 210 g/mol. The van der Waals surface area contributed by atoms with Crippen molar-refractivity contribution in [3.05, 3.63) is 53.3 Å². The molecule has 2 rings (SSSR count). The van der Waals surface area contributed by atoms with Gasteiger partial charge in [0, 0.05) is 25.8 Å². The molecule has 0 amide bonds. The van der Waals surface area contributed by atoms with Crippen molar-refractivity contribution < 1.29 is 0 Å². The predicted molar refractivity (Wildman–Crippen MR) is 69.6 cm³/mol. The Morgan fingerprint density at radius 2 is 2.18 bits per heavy atom. The number of nitrogens with zero attached hydrogens (tertiary/aromatic N) is 2. The zero-order chi connectivity index (χ0) is 12.3. The van der Waals surface area contributed by atoms with E-state index < -0.39 is 0 Å². The van der Waals surface area contributed by atoms with E-state index >= 15 is 0 Å². The SMILES string of the molecule is Cc1cccc([C@@H](C)NCc2ccnn2C)c1. The second kappa shape index (κ2) is 5.15. The van der Waals surface area contributed by atoms with Crippen LogP contribution in [0.1, 0.15) is 29.8 Å². The fourth-order valence-corrected chi connectivity index (χ4v) is 1.89. The Balaban J connectivity index is 1.98. The molecule has 0 saturated heterocycles. The molecule has 2 aromatic rings. The predicted octanol–water partition coefficient (Wildman–Crippen LogP) is 2.58. The van der Waals surface area contributed by atoms with E-state index in [1.165, 1.54) is 16.8 Å². The first-order chi connectivity index (χ1) is 8.16. The number of nitrogens with one attached hydrogen (secondary N) is 1. The van der Waals surface area contributed by atoms with Crippen LogP contribution < -0.4 is 5.32 Å². The van der Waals surface area contributed by atoms with E-state index in [1.54, 1.807) is 0 Å². The van der Waals surface area contributed by atoms with Crippen LogP contribution in [0.15, 0.2) is 36.5 Å². The van der Waals surface area contributed by atoms with Gasteiger partial charge in [0.1, 0.15) is 0 Å². The van der Waals surface area contributed by atoms with E-state index in [-0.39, 0.29) is 0 Å². The zero-order valence-corrected chi connectivity index (χ0v) is 10.6. The molecule has 0 saturated carbocycles. The lowest BCUT2D eigenvalue weighted by molar-refractivity contribution is 0.548. The van der Waals surface area contributed by atoms with E-state index in [9.17, 15) is 0 Å². The van der Waals surface area contributed by atoms with E-state index in [4.69, 9.17) is 0 Å². The van der Waals surface area contributed by atoms with Crippen LogP contribution >= 0.6 is 0 Å². The Morgan fingerprint density at radius 1 is 1.35 bits per heavy atom. The van der Waals surface area contributed by atoms with Gasteiger partial charge < -0.3 is 5.32 Å². The molecule has 1 aromatic carbocycles. The van der Waals surface area contributed by atoms with Crippen molar-refractivity contribution in [3.63, 3.8) is 0 Å². The molecule has 0 radical (unpaired) electrons. The molecule has 3 nitrogen and oxygen atoms in total. The number of rotatable bonds is 4. The van der Waals surface area contributed by atoms with Crippen molar-refractivity contribution >= 4 is 0 Å². The van der Waals surface area contributed by atoms with Crippen molar-refractivity contribution in [2.24, 2.45) is 7.05 Å². The van der Waals surface area contributed by atoms with Crippen LogP contribution in [0.3, 0.4) is 0 Å². The quantitative estimate of drug-likeness (QED) is 0.873. The summed E-state index contributed by atoms with van der Waals surface area (Å²) >= 11 is 0. The standard InChI is InChI=1S/C14H19N3/c1-11-5-4-6-13(9-11)12(2)15-10-14-7-8-16-17(14)3/h4-9,12,15H,10H2,1-3H3/t12-/m1/s1. The van der Waals surface area contributed by atoms with Crippen LogP contribution in [0.2, 0.25) is 0 Å². The Bertz CT molecular complexity index is 488. The van der Waals surface area contributed by atoms with Gasteiger partial charge >= 0.3 is 0 Å². The maximum atomic E-state index is 4.16. The van der Waals surface area contributed by atoms with Crippen molar-refractivity contribution in [1.29, 1.82) is 0 Å². The van der Waals surface area contributed by atoms with Crippen LogP contribution in [0.5, 0.6) is 0 Å². The lowest BCUT2D eigenvalue weighted by Crippen LogP contribution is -2.19. The fourth-order valence-electron chi connectivity index (χ4n) is 1.89. The first kappa shape index (κ1) is 11.9. The van der Waals surface area contributed by atoms with Gasteiger partial charge in [-0.15, -0.1) is 0 Å². The summed E-state index contributed by atoms with van der Waals surface area (Å²) in [5, 5.41) is 7.67. The van der Waals surface area contributed by atoms with Crippen molar-refractivity contribution in [2.75, 3.05) is 0 Å². The van der Waals surface area contributed by atoms with Gasteiger partial charge in [-0.2, -0.15) is 5.10 Å². The molecule has 0 fully saturated rings. The summed E-state index contributed by atoms with van der Waals surface area (Å²) in [6.07, 6.45) is 1.83. The van der Waals surface area contributed by atoms with E-state index in [0.29, 0.717) is 6.04 Å². The minimum atomic E-state index is 0.352. The summed E-state index contributed by atoms with van der Waals surface area (Å²) in [7, 11) is 1.97. The molecule has 0 aliphatic carbocycles. The molecule has 0 aliphatic rings. The first-order valence-corrected chi connectivity index (χ1v) is 5.93. The largest absolute Gasteiger partial charge is 0.305 e. The Labute approximate surface area is 102 Å². The Kier molecular flexibility index (Phi) is 3.59. The lowest BCUT2D eigenvalue weighted by Gasteiger charge is -2.14. The molecule has 0 aliphatic heterocycles. The smallest absolute Gasteiger partial charge is 0.0518 e. The van der Waals surface area contributed by atoms with Crippen molar-refractivity contribution in [2.45, 2.75) is 26.4 Å². The second-order valence-corrected chi connectivity index (χ2v) is 4.46. The molecule has 90 valence electrons. The topological polar surface area (TPSA) is 29.9 Å². The summed E-state index contributed by atoms with van der Waals surface area (Å²) in [6.45, 7) is 5.15. The highest BCUT2D eigenvalue weighted by Crippen LogP contribution is 2.14. The normalized spacial score (nSPS) is 12.6. The number of hydrogen-bond donors (Lipinski definition) is 1. The maximum absolute atomic E-state index is 4.16. The van der Waals surface area contributed by atoms with Crippen LogP contribution in [-0.2, 0) is 13.6 Å². The van der Waals surface area contributed by atoms with E-state index in [1.807, 2.05) is 24.0 Å². The summed E-state index contributed by atoms with van der Waals surface area (Å²) in [5.41, 5.74) is 3.83. The average molecular weight is 229 g/mol.